The minimum absolute atomic E-state index is 0.00191. The number of hydrogen-bond acceptors (Lipinski definition) is 15. The maximum absolute atomic E-state index is 17.6. The molecule has 91 heavy (non-hydrogen) atoms. The summed E-state index contributed by atoms with van der Waals surface area (Å²) in [7, 11) is -6.80. The summed E-state index contributed by atoms with van der Waals surface area (Å²) in [6.45, 7) is 1.80. The van der Waals surface area contributed by atoms with Crippen molar-refractivity contribution in [3.63, 3.8) is 0 Å². The number of alkyl carbamates (subject to hydrolysis) is 1. The van der Waals surface area contributed by atoms with Crippen molar-refractivity contribution in [3.8, 4) is 0 Å². The molecule has 6 aromatic rings. The summed E-state index contributed by atoms with van der Waals surface area (Å²) in [4.78, 5) is 108. The van der Waals surface area contributed by atoms with Crippen LogP contribution < -0.4 is 20.4 Å². The standard InChI is InChI=1S/C58H69F5N10O16P2/c1-30(85-3)50(66-57(76)77)55(74)69-18-6-8-46(69)53-64-42-24-36(39(61)27-49(42)72(53)29-89-91(82,83)84)44-14-15-45(73(44)35-22-40(62)52(41(63)23-35)68-20-16-33(17-21-68)32-10-12-34(59)13-11-32)37-25-48-43(26-38(37)60)65-54(71(48)28-88-90(79,80)81)47-9-7-19-70(47)56(75)51(31(2)86-4)67-58(78)87-5/h10-13,22-27,30-31,33,44-47,50-51,66H,6-9,14-21,28-29H2,1-5H3,(H,67,78)(H,76,77)(H2,79,80,81)(H2,82,83,84)/t30-,31-,44-,45-,46+,47+,50+,51+/m1/s1. The molecular formula is C58H69F5N10O16P2. The molecule has 0 spiro atoms. The number of benzene rings is 4. The number of carbonyl (C=O) groups excluding carboxylic acids is 3. The fourth-order valence-electron chi connectivity index (χ4n) is 13.2. The minimum atomic E-state index is -5.27. The number of fused-ring (bicyclic) bond motifs is 2. The Balaban J connectivity index is 1.09. The van der Waals surface area contributed by atoms with Gasteiger partial charge in [0.2, 0.25) is 11.8 Å². The Kier molecular flexibility index (Phi) is 19.8. The molecule has 4 aliphatic heterocycles. The molecule has 0 aliphatic carbocycles. The zero-order valence-electron chi connectivity index (χ0n) is 50.0. The monoisotopic (exact) mass is 1320 g/mol. The molecule has 7 N–H and O–H groups in total. The third-order valence-electron chi connectivity index (χ3n) is 17.7. The number of anilines is 2. The van der Waals surface area contributed by atoms with E-state index in [9.17, 15) is 57.4 Å². The Morgan fingerprint density at radius 1 is 0.604 bits per heavy atom. The molecule has 4 amide bonds. The number of amides is 4. The van der Waals surface area contributed by atoms with Crippen LogP contribution in [0.2, 0.25) is 0 Å². The number of rotatable bonds is 21. The summed E-state index contributed by atoms with van der Waals surface area (Å²) in [5.41, 5.74) is -0.118. The first-order valence-corrected chi connectivity index (χ1v) is 32.3. The lowest BCUT2D eigenvalue weighted by Gasteiger charge is -2.36. The molecular weight excluding hydrogens is 1250 g/mol. The molecule has 0 unspecified atom stereocenters. The zero-order chi connectivity index (χ0) is 65.5. The van der Waals surface area contributed by atoms with Crippen LogP contribution in [0.25, 0.3) is 22.1 Å². The van der Waals surface area contributed by atoms with Crippen LogP contribution >= 0.6 is 15.6 Å². The van der Waals surface area contributed by atoms with Gasteiger partial charge in [0.05, 0.1) is 65.6 Å². The molecule has 4 saturated heterocycles. The van der Waals surface area contributed by atoms with E-state index in [4.69, 9.17) is 33.2 Å². The van der Waals surface area contributed by atoms with Crippen LogP contribution in [0.5, 0.6) is 0 Å². The van der Waals surface area contributed by atoms with Gasteiger partial charge in [-0.3, -0.25) is 18.6 Å². The molecule has 0 radical (unpaired) electrons. The van der Waals surface area contributed by atoms with E-state index >= 15 is 17.6 Å². The van der Waals surface area contributed by atoms with E-state index in [1.165, 1.54) is 64.7 Å². The van der Waals surface area contributed by atoms with Gasteiger partial charge in [-0.1, -0.05) is 12.1 Å². The van der Waals surface area contributed by atoms with E-state index in [1.54, 1.807) is 24.0 Å². The van der Waals surface area contributed by atoms with Crippen LogP contribution in [-0.2, 0) is 55.4 Å². The van der Waals surface area contributed by atoms with Gasteiger partial charge < -0.3 is 78.3 Å². The lowest BCUT2D eigenvalue weighted by atomic mass is 9.89. The summed E-state index contributed by atoms with van der Waals surface area (Å²) >= 11 is 0. The first-order chi connectivity index (χ1) is 43.2. The van der Waals surface area contributed by atoms with Gasteiger partial charge in [0.1, 0.15) is 60.3 Å². The summed E-state index contributed by atoms with van der Waals surface area (Å²) < 4.78 is 136. The number of nitrogens with one attached hydrogen (secondary N) is 2. The summed E-state index contributed by atoms with van der Waals surface area (Å²) in [5.74, 6) is -5.77. The SMILES string of the molecule is COC(=O)N[C@H](C(=O)N1CCC[C@H]1c1nc2cc(F)c([C@H]3CC[C@H](c4cc5nc([C@@H]6CCCN6C(=O)[C@@H](NC(=O)O)[C@@H](C)OC)n(COP(=O)(O)O)c5cc4F)N3c3cc(F)c(N4CCC(c5ccc(F)cc5)CC4)c(F)c3)cc2n1COP(=O)(O)O)[C@@H](C)OC. The molecule has 492 valence electrons. The normalized spacial score (nSPS) is 20.6. The van der Waals surface area contributed by atoms with E-state index in [2.05, 4.69) is 10.6 Å². The summed E-state index contributed by atoms with van der Waals surface area (Å²) in [6, 6.07) is 5.66. The zero-order valence-corrected chi connectivity index (χ0v) is 51.7. The van der Waals surface area contributed by atoms with E-state index < -0.39 is 131 Å². The Labute approximate surface area is 517 Å². The highest BCUT2D eigenvalue weighted by molar-refractivity contribution is 7.46. The molecule has 2 aromatic heterocycles. The molecule has 4 fully saturated rings. The number of halogens is 5. The molecule has 4 aromatic carbocycles. The Morgan fingerprint density at radius 2 is 1.08 bits per heavy atom. The Morgan fingerprint density at radius 3 is 1.56 bits per heavy atom. The number of likely N-dealkylation sites (tertiary alicyclic amines) is 2. The average molecular weight is 1320 g/mol. The average Bonchev–Trinajstić information content (AvgIpc) is 1.63. The molecule has 0 saturated carbocycles. The Hall–Kier alpha value is -7.31. The fraction of sp³-hybridized carbons (Fsp3) is 0.483. The van der Waals surface area contributed by atoms with Crippen LogP contribution in [0, 0.1) is 29.1 Å². The molecule has 8 atom stereocenters. The molecule has 4 aliphatic rings. The molecule has 26 nitrogen and oxygen atoms in total. The van der Waals surface area contributed by atoms with Crippen molar-refractivity contribution < 1.29 is 98.2 Å². The third-order valence-corrected chi connectivity index (χ3v) is 18.6. The van der Waals surface area contributed by atoms with Gasteiger partial charge in [-0.25, -0.2) is 50.6 Å². The maximum Gasteiger partial charge on any atom is 0.471 e. The van der Waals surface area contributed by atoms with Crippen LogP contribution in [0.15, 0.2) is 60.7 Å². The van der Waals surface area contributed by atoms with Crippen LogP contribution in [-0.4, -0.2) is 149 Å². The quantitative estimate of drug-likeness (QED) is 0.0262. The van der Waals surface area contributed by atoms with Crippen LogP contribution in [0.1, 0.15) is 124 Å². The Bertz CT molecular complexity index is 3810. The number of phosphoric ester groups is 2. The lowest BCUT2D eigenvalue weighted by Crippen LogP contribution is -2.54. The molecule has 10 rings (SSSR count). The predicted octanol–water partition coefficient (Wildman–Crippen LogP) is 8.44. The van der Waals surface area contributed by atoms with E-state index in [-0.39, 0.29) is 114 Å². The van der Waals surface area contributed by atoms with Crippen molar-refractivity contribution in [2.24, 2.45) is 0 Å². The number of nitrogens with zero attached hydrogens (tertiary/aromatic N) is 8. The van der Waals surface area contributed by atoms with Crippen molar-refractivity contribution in [1.29, 1.82) is 0 Å². The van der Waals surface area contributed by atoms with Crippen molar-refractivity contribution in [2.75, 3.05) is 57.3 Å². The van der Waals surface area contributed by atoms with Crippen LogP contribution in [0.4, 0.5) is 42.9 Å². The second-order valence-corrected chi connectivity index (χ2v) is 25.4. The second-order valence-electron chi connectivity index (χ2n) is 22.9. The van der Waals surface area contributed by atoms with Gasteiger partial charge in [0.25, 0.3) is 0 Å². The van der Waals surface area contributed by atoms with Gasteiger partial charge in [-0.05, 0) is 113 Å². The summed E-state index contributed by atoms with van der Waals surface area (Å²) in [5, 5.41) is 14.3. The fourth-order valence-corrected chi connectivity index (χ4v) is 13.7. The number of ether oxygens (including phenoxy) is 3. The summed E-state index contributed by atoms with van der Waals surface area (Å²) in [6.07, 6.45) is -2.33. The number of aromatic nitrogens is 4. The number of carboxylic acid groups (broad SMARTS) is 1. The van der Waals surface area contributed by atoms with E-state index in [0.717, 1.165) is 41.5 Å². The number of imidazole rings is 2. The first kappa shape index (κ1) is 66.6. The van der Waals surface area contributed by atoms with Gasteiger partial charge >= 0.3 is 27.8 Å². The van der Waals surface area contributed by atoms with Crippen molar-refractivity contribution in [3.05, 3.63) is 118 Å². The smallest absolute Gasteiger partial charge is 0.465 e. The first-order valence-electron chi connectivity index (χ1n) is 29.3. The number of carbonyl (C=O) groups is 4. The second kappa shape index (κ2) is 27.1. The highest BCUT2D eigenvalue weighted by Crippen LogP contribution is 2.51. The van der Waals surface area contributed by atoms with Gasteiger partial charge in [0.15, 0.2) is 11.6 Å². The highest BCUT2D eigenvalue weighted by atomic mass is 31.2. The topological polar surface area (TPSA) is 322 Å². The van der Waals surface area contributed by atoms with Gasteiger partial charge in [-0.2, -0.15) is 0 Å². The van der Waals surface area contributed by atoms with Crippen molar-refractivity contribution in [2.45, 2.75) is 133 Å². The largest absolute Gasteiger partial charge is 0.471 e. The predicted molar refractivity (Wildman–Crippen MR) is 314 cm³/mol. The van der Waals surface area contributed by atoms with Crippen molar-refractivity contribution in [1.82, 2.24) is 39.5 Å². The van der Waals surface area contributed by atoms with E-state index in [1.807, 2.05) is 0 Å². The van der Waals surface area contributed by atoms with Gasteiger partial charge in [-0.15, -0.1) is 0 Å². The number of methoxy groups -OCH3 is 3. The van der Waals surface area contributed by atoms with Crippen molar-refractivity contribution >= 4 is 73.1 Å². The molecule has 0 bridgehead atoms. The molecule has 33 heteroatoms. The van der Waals surface area contributed by atoms with Gasteiger partial charge in [0, 0.05) is 69.3 Å². The lowest BCUT2D eigenvalue weighted by molar-refractivity contribution is -0.138. The van der Waals surface area contributed by atoms with E-state index in [0.29, 0.717) is 25.7 Å². The maximum atomic E-state index is 17.6. The number of piperidine rings is 1. The number of phosphoric acid groups is 2. The van der Waals surface area contributed by atoms with Crippen LogP contribution in [0.3, 0.4) is 0 Å². The number of hydrogen-bond donors (Lipinski definition) is 7. The highest BCUT2D eigenvalue weighted by Gasteiger charge is 2.44. The minimum Gasteiger partial charge on any atom is -0.465 e. The third kappa shape index (κ3) is 14.1. The molecule has 6 heterocycles.